The number of rotatable bonds is 4. The maximum atomic E-state index is 11.4. The molecule has 0 bridgehead atoms. The Balaban J connectivity index is 2.52. The Morgan fingerprint density at radius 2 is 1.73 bits per heavy atom. The highest BCUT2D eigenvalue weighted by Gasteiger charge is 2.35. The van der Waals surface area contributed by atoms with Crippen LogP contribution in [-0.2, 0) is 19.1 Å². The molecule has 86 valence electrons. The van der Waals surface area contributed by atoms with E-state index < -0.39 is 18.3 Å². The van der Waals surface area contributed by atoms with Crippen molar-refractivity contribution < 1.29 is 24.2 Å². The fourth-order valence-electron chi connectivity index (χ4n) is 1.64. The molecule has 1 aliphatic heterocycles. The van der Waals surface area contributed by atoms with Crippen molar-refractivity contribution in [2.24, 2.45) is 0 Å². The first-order valence-electron chi connectivity index (χ1n) is 4.63. The Kier molecular flexibility index (Phi) is 4.05. The van der Waals surface area contributed by atoms with Gasteiger partial charge in [-0.2, -0.15) is 0 Å². The standard InChI is InChI=1S/C9H15NO5/c1-14-6-4-10(5-7(6)15-2)8(11)3-9(12)13/h6-7H,3-5H2,1-2H3,(H,12,13). The molecule has 15 heavy (non-hydrogen) atoms. The van der Waals surface area contributed by atoms with Gasteiger partial charge in [0.25, 0.3) is 0 Å². The molecule has 0 aromatic rings. The van der Waals surface area contributed by atoms with Gasteiger partial charge in [0.2, 0.25) is 5.91 Å². The summed E-state index contributed by atoms with van der Waals surface area (Å²) in [5.41, 5.74) is 0. The SMILES string of the molecule is COC1CN(C(=O)CC(=O)O)CC1OC. The fraction of sp³-hybridized carbons (Fsp3) is 0.778. The van der Waals surface area contributed by atoms with Crippen LogP contribution in [0.2, 0.25) is 0 Å². The third kappa shape index (κ3) is 2.90. The van der Waals surface area contributed by atoms with Crippen LogP contribution in [0.4, 0.5) is 0 Å². The lowest BCUT2D eigenvalue weighted by Crippen LogP contribution is -2.31. The highest BCUT2D eigenvalue weighted by Crippen LogP contribution is 2.16. The summed E-state index contributed by atoms with van der Waals surface area (Å²) >= 11 is 0. The zero-order valence-corrected chi connectivity index (χ0v) is 8.80. The Morgan fingerprint density at radius 1 is 1.27 bits per heavy atom. The van der Waals surface area contributed by atoms with Gasteiger partial charge in [0.15, 0.2) is 0 Å². The largest absolute Gasteiger partial charge is 0.481 e. The van der Waals surface area contributed by atoms with Gasteiger partial charge in [-0.15, -0.1) is 0 Å². The van der Waals surface area contributed by atoms with E-state index in [0.29, 0.717) is 13.1 Å². The Labute approximate surface area is 87.8 Å². The van der Waals surface area contributed by atoms with Gasteiger partial charge in [-0.1, -0.05) is 0 Å². The van der Waals surface area contributed by atoms with Crippen LogP contribution in [-0.4, -0.2) is 61.4 Å². The van der Waals surface area contributed by atoms with Gasteiger partial charge in [-0.05, 0) is 0 Å². The summed E-state index contributed by atoms with van der Waals surface area (Å²) < 4.78 is 10.3. The van der Waals surface area contributed by atoms with E-state index in [1.165, 1.54) is 4.90 Å². The number of carboxylic acid groups (broad SMARTS) is 1. The van der Waals surface area contributed by atoms with Crippen molar-refractivity contribution in [2.45, 2.75) is 18.6 Å². The van der Waals surface area contributed by atoms with Crippen LogP contribution in [0.25, 0.3) is 0 Å². The molecule has 0 aromatic heterocycles. The predicted octanol–water partition coefficient (Wildman–Crippen LogP) is -0.667. The number of aliphatic carboxylic acids is 1. The van der Waals surface area contributed by atoms with Crippen LogP contribution in [0, 0.1) is 0 Å². The first-order valence-corrected chi connectivity index (χ1v) is 4.63. The third-order valence-corrected chi connectivity index (χ3v) is 2.48. The minimum atomic E-state index is -1.12. The summed E-state index contributed by atoms with van der Waals surface area (Å²) in [5, 5.41) is 8.48. The van der Waals surface area contributed by atoms with E-state index in [1.807, 2.05) is 0 Å². The van der Waals surface area contributed by atoms with Gasteiger partial charge in [0.1, 0.15) is 18.6 Å². The normalized spacial score (nSPS) is 25.6. The van der Waals surface area contributed by atoms with E-state index in [4.69, 9.17) is 14.6 Å². The summed E-state index contributed by atoms with van der Waals surface area (Å²) in [6.07, 6.45) is -0.826. The maximum absolute atomic E-state index is 11.4. The number of carboxylic acids is 1. The minimum absolute atomic E-state index is 0.173. The second-order valence-corrected chi connectivity index (χ2v) is 3.42. The number of amides is 1. The van der Waals surface area contributed by atoms with E-state index in [0.717, 1.165) is 0 Å². The van der Waals surface area contributed by atoms with Crippen molar-refractivity contribution in [3.8, 4) is 0 Å². The molecule has 0 radical (unpaired) electrons. The Morgan fingerprint density at radius 3 is 2.07 bits per heavy atom. The second-order valence-electron chi connectivity index (χ2n) is 3.42. The zero-order valence-electron chi connectivity index (χ0n) is 8.80. The summed E-state index contributed by atoms with van der Waals surface area (Å²) in [6, 6.07) is 0. The molecule has 2 unspecified atom stereocenters. The lowest BCUT2D eigenvalue weighted by Gasteiger charge is -2.13. The monoisotopic (exact) mass is 217 g/mol. The smallest absolute Gasteiger partial charge is 0.312 e. The summed E-state index contributed by atoms with van der Waals surface area (Å²) in [6.45, 7) is 0.780. The van der Waals surface area contributed by atoms with Crippen molar-refractivity contribution in [1.82, 2.24) is 4.90 Å². The molecule has 6 heteroatoms. The van der Waals surface area contributed by atoms with Crippen LogP contribution in [0.15, 0.2) is 0 Å². The Hall–Kier alpha value is -1.14. The molecule has 0 aliphatic carbocycles. The highest BCUT2D eigenvalue weighted by atomic mass is 16.5. The zero-order chi connectivity index (χ0) is 11.4. The molecule has 1 amide bonds. The summed E-state index contributed by atoms with van der Waals surface area (Å²) in [5.74, 6) is -1.51. The average Bonchev–Trinajstić information content (AvgIpc) is 2.59. The van der Waals surface area contributed by atoms with Gasteiger partial charge >= 0.3 is 5.97 Å². The quantitative estimate of drug-likeness (QED) is 0.632. The summed E-state index contributed by atoms with van der Waals surface area (Å²) in [7, 11) is 3.09. The lowest BCUT2D eigenvalue weighted by molar-refractivity contribution is -0.144. The van der Waals surface area contributed by atoms with E-state index in [1.54, 1.807) is 14.2 Å². The second kappa shape index (κ2) is 5.09. The number of methoxy groups -OCH3 is 2. The highest BCUT2D eigenvalue weighted by molar-refractivity contribution is 5.93. The molecular weight excluding hydrogens is 202 g/mol. The van der Waals surface area contributed by atoms with E-state index in [-0.39, 0.29) is 12.2 Å². The summed E-state index contributed by atoms with van der Waals surface area (Å²) in [4.78, 5) is 23.2. The van der Waals surface area contributed by atoms with Crippen LogP contribution in [0.5, 0.6) is 0 Å². The molecule has 0 aromatic carbocycles. The van der Waals surface area contributed by atoms with E-state index in [9.17, 15) is 9.59 Å². The van der Waals surface area contributed by atoms with E-state index in [2.05, 4.69) is 0 Å². The number of likely N-dealkylation sites (tertiary alicyclic amines) is 1. The topological polar surface area (TPSA) is 76.1 Å². The van der Waals surface area contributed by atoms with Crippen molar-refractivity contribution in [3.05, 3.63) is 0 Å². The van der Waals surface area contributed by atoms with Gasteiger partial charge in [-0.3, -0.25) is 9.59 Å². The number of carbonyl (C=O) groups is 2. The van der Waals surface area contributed by atoms with Crippen molar-refractivity contribution >= 4 is 11.9 Å². The van der Waals surface area contributed by atoms with Gasteiger partial charge in [0.05, 0.1) is 0 Å². The molecule has 0 saturated carbocycles. The third-order valence-electron chi connectivity index (χ3n) is 2.48. The molecular formula is C9H15NO5. The molecule has 1 heterocycles. The van der Waals surface area contributed by atoms with Crippen LogP contribution >= 0.6 is 0 Å². The number of ether oxygens (including phenoxy) is 2. The molecule has 0 spiro atoms. The first-order chi connectivity index (χ1) is 7.08. The number of nitrogens with zero attached hydrogens (tertiary/aromatic N) is 1. The van der Waals surface area contributed by atoms with Crippen LogP contribution in [0.1, 0.15) is 6.42 Å². The number of hydrogen-bond acceptors (Lipinski definition) is 4. The van der Waals surface area contributed by atoms with Crippen LogP contribution in [0.3, 0.4) is 0 Å². The number of carbonyl (C=O) groups excluding carboxylic acids is 1. The molecule has 1 fully saturated rings. The molecule has 1 aliphatic rings. The maximum Gasteiger partial charge on any atom is 0.312 e. The molecule has 2 atom stereocenters. The molecule has 1 rings (SSSR count). The van der Waals surface area contributed by atoms with Crippen molar-refractivity contribution in [2.75, 3.05) is 27.3 Å². The van der Waals surface area contributed by atoms with Crippen molar-refractivity contribution in [1.29, 1.82) is 0 Å². The van der Waals surface area contributed by atoms with Gasteiger partial charge < -0.3 is 19.5 Å². The average molecular weight is 217 g/mol. The van der Waals surface area contributed by atoms with Crippen LogP contribution < -0.4 is 0 Å². The molecule has 6 nitrogen and oxygen atoms in total. The molecule has 1 saturated heterocycles. The van der Waals surface area contributed by atoms with Gasteiger partial charge in [0, 0.05) is 27.3 Å². The lowest BCUT2D eigenvalue weighted by atomic mass is 10.3. The molecule has 1 N–H and O–H groups in total. The minimum Gasteiger partial charge on any atom is -0.481 e. The predicted molar refractivity (Wildman–Crippen MR) is 50.4 cm³/mol. The first kappa shape index (κ1) is 11.9. The van der Waals surface area contributed by atoms with E-state index >= 15 is 0 Å². The van der Waals surface area contributed by atoms with Crippen molar-refractivity contribution in [3.63, 3.8) is 0 Å². The fourth-order valence-corrected chi connectivity index (χ4v) is 1.64. The number of hydrogen-bond donors (Lipinski definition) is 1. The Bertz CT molecular complexity index is 243. The van der Waals surface area contributed by atoms with Gasteiger partial charge in [-0.25, -0.2) is 0 Å².